The molecule has 1 aromatic rings. The van der Waals surface area contributed by atoms with E-state index in [1.807, 2.05) is 0 Å². The Morgan fingerprint density at radius 3 is 2.25 bits per heavy atom. The molecule has 1 rings (SSSR count). The van der Waals surface area contributed by atoms with E-state index in [-0.39, 0.29) is 17.0 Å². The van der Waals surface area contributed by atoms with Gasteiger partial charge in [0.05, 0.1) is 11.3 Å². The molecule has 0 spiro atoms. The molecule has 1 amide bonds. The van der Waals surface area contributed by atoms with Crippen LogP contribution in [0.15, 0.2) is 12.1 Å². The number of nitrogen functional groups attached to an aromatic ring is 1. The Labute approximate surface area is 115 Å². The molecule has 0 saturated carbocycles. The Hall–Kier alpha value is -1.92. The number of alkyl halides is 3. The van der Waals surface area contributed by atoms with Crippen LogP contribution in [-0.4, -0.2) is 11.6 Å². The van der Waals surface area contributed by atoms with E-state index < -0.39 is 23.4 Å². The maximum absolute atomic E-state index is 12.8. The molecule has 0 aliphatic carbocycles. The number of benzene rings is 1. The fraction of sp³-hybridized carbons (Fsp3) is 0.462. The van der Waals surface area contributed by atoms with Crippen molar-refractivity contribution >= 4 is 11.8 Å². The first-order chi connectivity index (χ1) is 8.90. The summed E-state index contributed by atoms with van der Waals surface area (Å²) in [6.07, 6.45) is -5.39. The Bertz CT molecular complexity index is 520. The lowest BCUT2D eigenvalue weighted by atomic mass is 10.1. The van der Waals surface area contributed by atoms with Gasteiger partial charge in [-0.2, -0.15) is 13.2 Å². The van der Waals surface area contributed by atoms with Gasteiger partial charge in [0.25, 0.3) is 0 Å². The zero-order valence-electron chi connectivity index (χ0n) is 11.7. The number of nitrogens with one attached hydrogen (secondary N) is 1. The molecule has 0 radical (unpaired) electrons. The average Bonchev–Trinajstić information content (AvgIpc) is 2.17. The van der Waals surface area contributed by atoms with Crippen molar-refractivity contribution < 1.29 is 22.7 Å². The molecule has 4 nitrogen and oxygen atoms in total. The van der Waals surface area contributed by atoms with Gasteiger partial charge in [0.2, 0.25) is 0 Å². The molecule has 0 saturated heterocycles. The van der Waals surface area contributed by atoms with Gasteiger partial charge >= 0.3 is 12.3 Å². The maximum atomic E-state index is 12.8. The van der Waals surface area contributed by atoms with Crippen molar-refractivity contribution in [2.45, 2.75) is 39.4 Å². The van der Waals surface area contributed by atoms with Crippen LogP contribution in [0.2, 0.25) is 0 Å². The normalized spacial score (nSPS) is 12.2. The molecule has 0 unspecified atom stereocenters. The number of ether oxygens (including phenoxy) is 1. The minimum absolute atomic E-state index is 0.0282. The number of hydrogen-bond donors (Lipinski definition) is 2. The molecule has 0 aromatic heterocycles. The zero-order chi connectivity index (χ0) is 15.7. The van der Waals surface area contributed by atoms with E-state index >= 15 is 0 Å². The van der Waals surface area contributed by atoms with Crippen LogP contribution in [0.25, 0.3) is 0 Å². The SMILES string of the molecule is Cc1cc(N)c(OC(=O)NC(C)(C)C)cc1C(F)(F)F. The Morgan fingerprint density at radius 1 is 1.25 bits per heavy atom. The lowest BCUT2D eigenvalue weighted by molar-refractivity contribution is -0.138. The highest BCUT2D eigenvalue weighted by atomic mass is 19.4. The van der Waals surface area contributed by atoms with Crippen molar-refractivity contribution in [3.63, 3.8) is 0 Å². The molecular formula is C13H17F3N2O2. The van der Waals surface area contributed by atoms with Crippen molar-refractivity contribution in [3.05, 3.63) is 23.3 Å². The van der Waals surface area contributed by atoms with E-state index in [9.17, 15) is 18.0 Å². The Balaban J connectivity index is 3.05. The molecule has 7 heteroatoms. The van der Waals surface area contributed by atoms with Crippen LogP contribution < -0.4 is 15.8 Å². The lowest BCUT2D eigenvalue weighted by Crippen LogP contribution is -2.42. The molecule has 0 atom stereocenters. The summed E-state index contributed by atoms with van der Waals surface area (Å²) in [6.45, 7) is 6.44. The largest absolute Gasteiger partial charge is 0.416 e. The molecule has 3 N–H and O–H groups in total. The summed E-state index contributed by atoms with van der Waals surface area (Å²) in [4.78, 5) is 11.6. The summed E-state index contributed by atoms with van der Waals surface area (Å²) in [6, 6.07) is 1.86. The van der Waals surface area contributed by atoms with Crippen molar-refractivity contribution in [1.82, 2.24) is 5.32 Å². The molecular weight excluding hydrogens is 273 g/mol. The van der Waals surface area contributed by atoms with Crippen LogP contribution in [0, 0.1) is 6.92 Å². The first-order valence-electron chi connectivity index (χ1n) is 5.87. The third-order valence-electron chi connectivity index (χ3n) is 2.34. The van der Waals surface area contributed by atoms with E-state index in [2.05, 4.69) is 5.32 Å². The summed E-state index contributed by atoms with van der Waals surface area (Å²) < 4.78 is 43.2. The van der Waals surface area contributed by atoms with Crippen molar-refractivity contribution in [2.24, 2.45) is 0 Å². The second-order valence-electron chi connectivity index (χ2n) is 5.47. The highest BCUT2D eigenvalue weighted by Gasteiger charge is 2.33. The van der Waals surface area contributed by atoms with E-state index in [0.717, 1.165) is 12.1 Å². The monoisotopic (exact) mass is 290 g/mol. The molecule has 0 bridgehead atoms. The number of aryl methyl sites for hydroxylation is 1. The summed E-state index contributed by atoms with van der Waals surface area (Å²) in [5.74, 6) is -0.315. The number of amides is 1. The van der Waals surface area contributed by atoms with Gasteiger partial charge in [-0.15, -0.1) is 0 Å². The number of halogens is 3. The first kappa shape index (κ1) is 16.1. The van der Waals surface area contributed by atoms with Crippen LogP contribution >= 0.6 is 0 Å². The minimum atomic E-state index is -4.53. The fourth-order valence-electron chi connectivity index (χ4n) is 1.54. The summed E-state index contributed by atoms with van der Waals surface area (Å²) in [7, 11) is 0. The van der Waals surface area contributed by atoms with E-state index in [0.29, 0.717) is 0 Å². The number of carbonyl (C=O) groups is 1. The Morgan fingerprint density at radius 2 is 1.80 bits per heavy atom. The van der Waals surface area contributed by atoms with Gasteiger partial charge in [0.1, 0.15) is 0 Å². The zero-order valence-corrected chi connectivity index (χ0v) is 11.7. The molecule has 0 heterocycles. The van der Waals surface area contributed by atoms with E-state index in [1.165, 1.54) is 6.92 Å². The number of anilines is 1. The molecule has 0 aliphatic rings. The van der Waals surface area contributed by atoms with Crippen LogP contribution in [-0.2, 0) is 6.18 Å². The van der Waals surface area contributed by atoms with Crippen LogP contribution in [0.5, 0.6) is 5.75 Å². The average molecular weight is 290 g/mol. The van der Waals surface area contributed by atoms with Crippen molar-refractivity contribution in [1.29, 1.82) is 0 Å². The summed E-state index contributed by atoms with van der Waals surface area (Å²) in [5.41, 5.74) is 4.07. The van der Waals surface area contributed by atoms with Gasteiger partial charge in [-0.05, 0) is 45.4 Å². The predicted molar refractivity (Wildman–Crippen MR) is 69.5 cm³/mol. The smallest absolute Gasteiger partial charge is 0.408 e. The molecule has 0 fully saturated rings. The number of hydrogen-bond acceptors (Lipinski definition) is 3. The van der Waals surface area contributed by atoms with Crippen LogP contribution in [0.1, 0.15) is 31.9 Å². The lowest BCUT2D eigenvalue weighted by Gasteiger charge is -2.21. The number of carbonyl (C=O) groups excluding carboxylic acids is 1. The van der Waals surface area contributed by atoms with Crippen LogP contribution in [0.3, 0.4) is 0 Å². The quantitative estimate of drug-likeness (QED) is 0.778. The number of rotatable bonds is 1. The van der Waals surface area contributed by atoms with Gasteiger partial charge in [-0.25, -0.2) is 4.79 Å². The predicted octanol–water partition coefficient (Wildman–Crippen LogP) is 3.48. The Kier molecular flexibility index (Phi) is 4.21. The summed E-state index contributed by atoms with van der Waals surface area (Å²) >= 11 is 0. The van der Waals surface area contributed by atoms with Gasteiger partial charge < -0.3 is 15.8 Å². The molecule has 0 aliphatic heterocycles. The van der Waals surface area contributed by atoms with Gasteiger partial charge in [-0.1, -0.05) is 0 Å². The topological polar surface area (TPSA) is 64.3 Å². The van der Waals surface area contributed by atoms with E-state index in [1.54, 1.807) is 20.8 Å². The van der Waals surface area contributed by atoms with Crippen LogP contribution in [0.4, 0.5) is 23.7 Å². The second kappa shape index (κ2) is 5.22. The standard InChI is InChI=1S/C13H17F3N2O2/c1-7-5-9(17)10(6-8(7)13(14,15)16)20-11(19)18-12(2,3)4/h5-6H,17H2,1-4H3,(H,18,19). The maximum Gasteiger partial charge on any atom is 0.416 e. The molecule has 1 aromatic carbocycles. The third-order valence-corrected chi connectivity index (χ3v) is 2.34. The second-order valence-corrected chi connectivity index (χ2v) is 5.47. The van der Waals surface area contributed by atoms with Gasteiger partial charge in [0, 0.05) is 5.54 Å². The summed E-state index contributed by atoms with van der Waals surface area (Å²) in [5, 5.41) is 2.47. The van der Waals surface area contributed by atoms with Gasteiger partial charge in [-0.3, -0.25) is 0 Å². The minimum Gasteiger partial charge on any atom is -0.408 e. The van der Waals surface area contributed by atoms with E-state index in [4.69, 9.17) is 10.5 Å². The van der Waals surface area contributed by atoms with Gasteiger partial charge in [0.15, 0.2) is 5.75 Å². The molecule has 112 valence electrons. The first-order valence-corrected chi connectivity index (χ1v) is 5.87. The highest BCUT2D eigenvalue weighted by molar-refractivity contribution is 5.74. The van der Waals surface area contributed by atoms with Crippen molar-refractivity contribution in [3.8, 4) is 5.75 Å². The highest BCUT2D eigenvalue weighted by Crippen LogP contribution is 2.36. The molecule has 20 heavy (non-hydrogen) atoms. The fourth-order valence-corrected chi connectivity index (χ4v) is 1.54. The third kappa shape index (κ3) is 4.32. The number of nitrogens with two attached hydrogens (primary N) is 1. The van der Waals surface area contributed by atoms with Crippen molar-refractivity contribution in [2.75, 3.05) is 5.73 Å².